The number of allylic oxidation sites excluding steroid dienone is 2. The third kappa shape index (κ3) is 6.42. The Balaban J connectivity index is 1.87. The molecule has 4 nitrogen and oxygen atoms in total. The topological polar surface area (TPSA) is 48.1 Å². The number of aromatic nitrogens is 1. The molecule has 0 saturated heterocycles. The van der Waals surface area contributed by atoms with Gasteiger partial charge in [0.25, 0.3) is 0 Å². The highest BCUT2D eigenvalue weighted by molar-refractivity contribution is 6.42. The maximum Gasteiger partial charge on any atom is 0.246 e. The van der Waals surface area contributed by atoms with Gasteiger partial charge in [-0.2, -0.15) is 0 Å². The summed E-state index contributed by atoms with van der Waals surface area (Å²) >= 11 is 12.1. The second-order valence-electron chi connectivity index (χ2n) is 6.42. The smallest absolute Gasteiger partial charge is 0.246 e. The van der Waals surface area contributed by atoms with E-state index in [0.717, 1.165) is 42.7 Å². The highest BCUT2D eigenvalue weighted by atomic mass is 35.5. The Bertz CT molecular complexity index is 796. The molecule has 1 aromatic heterocycles. The van der Waals surface area contributed by atoms with Crippen LogP contribution in [0.4, 0.5) is 0 Å². The van der Waals surface area contributed by atoms with Crippen molar-refractivity contribution in [1.29, 1.82) is 0 Å². The summed E-state index contributed by atoms with van der Waals surface area (Å²) in [5.74, 6) is -0.0330. The van der Waals surface area contributed by atoms with Crippen LogP contribution in [-0.4, -0.2) is 42.0 Å². The Kier molecular flexibility index (Phi) is 8.42. The van der Waals surface area contributed by atoms with Crippen molar-refractivity contribution in [2.24, 2.45) is 0 Å². The number of aromatic amines is 1. The van der Waals surface area contributed by atoms with E-state index in [1.807, 2.05) is 43.4 Å². The van der Waals surface area contributed by atoms with Gasteiger partial charge in [0, 0.05) is 28.7 Å². The number of amides is 1. The van der Waals surface area contributed by atoms with Crippen LogP contribution in [0.5, 0.6) is 0 Å². The summed E-state index contributed by atoms with van der Waals surface area (Å²) in [4.78, 5) is 17.7. The van der Waals surface area contributed by atoms with Crippen molar-refractivity contribution in [3.8, 4) is 0 Å². The lowest BCUT2D eigenvalue weighted by atomic mass is 10.2. The minimum Gasteiger partial charge on any atom is -0.355 e. The van der Waals surface area contributed by atoms with E-state index >= 15 is 0 Å². The predicted octanol–water partition coefficient (Wildman–Crippen LogP) is 5.28. The fourth-order valence-corrected chi connectivity index (χ4v) is 3.13. The quantitative estimate of drug-likeness (QED) is 0.337. The van der Waals surface area contributed by atoms with E-state index in [2.05, 4.69) is 29.0 Å². The summed E-state index contributed by atoms with van der Waals surface area (Å²) in [6, 6.07) is 5.63. The van der Waals surface area contributed by atoms with Gasteiger partial charge in [0.05, 0.1) is 10.0 Å². The van der Waals surface area contributed by atoms with Crippen LogP contribution in [0.2, 0.25) is 10.0 Å². The maximum atomic E-state index is 12.1. The van der Waals surface area contributed by atoms with E-state index < -0.39 is 0 Å². The molecule has 0 unspecified atom stereocenters. The Morgan fingerprint density at radius 1 is 1.19 bits per heavy atom. The van der Waals surface area contributed by atoms with Gasteiger partial charge in [-0.1, -0.05) is 49.2 Å². The van der Waals surface area contributed by atoms with Crippen LogP contribution in [-0.2, 0) is 4.79 Å². The van der Waals surface area contributed by atoms with Crippen LogP contribution < -0.4 is 5.32 Å². The van der Waals surface area contributed by atoms with Gasteiger partial charge in [-0.05, 0) is 57.3 Å². The lowest BCUT2D eigenvalue weighted by Crippen LogP contribution is -2.30. The number of fused-ring (bicyclic) bond motifs is 1. The second kappa shape index (κ2) is 10.5. The van der Waals surface area contributed by atoms with Crippen LogP contribution >= 0.6 is 23.2 Å². The molecule has 1 amide bonds. The standard InChI is InChI=1S/C21H27Cl2N3O/c1-4-26(5-2)11-7-10-24-21(27)15(3)8-6-9-17-12-16-13-18(22)19(23)14-20(16)25-17/h6,8-9,12-14,25H,4-5,7,10-11H2,1-3H3,(H,24,27). The van der Waals surface area contributed by atoms with Crippen LogP contribution in [0.15, 0.2) is 35.9 Å². The summed E-state index contributed by atoms with van der Waals surface area (Å²) in [5.41, 5.74) is 2.53. The molecule has 0 aliphatic heterocycles. The van der Waals surface area contributed by atoms with Crippen molar-refractivity contribution < 1.29 is 4.79 Å². The highest BCUT2D eigenvalue weighted by Crippen LogP contribution is 2.28. The average Bonchev–Trinajstić information content (AvgIpc) is 3.03. The molecule has 0 saturated carbocycles. The predicted molar refractivity (Wildman–Crippen MR) is 117 cm³/mol. The third-order valence-corrected chi connectivity index (χ3v) is 5.22. The summed E-state index contributed by atoms with van der Waals surface area (Å²) in [6.07, 6.45) is 6.54. The van der Waals surface area contributed by atoms with Gasteiger partial charge >= 0.3 is 0 Å². The molecule has 27 heavy (non-hydrogen) atoms. The van der Waals surface area contributed by atoms with Crippen molar-refractivity contribution in [2.45, 2.75) is 27.2 Å². The molecule has 0 bridgehead atoms. The molecule has 2 rings (SSSR count). The number of nitrogens with zero attached hydrogens (tertiary/aromatic N) is 1. The van der Waals surface area contributed by atoms with Gasteiger partial charge in [-0.25, -0.2) is 0 Å². The fourth-order valence-electron chi connectivity index (χ4n) is 2.79. The Labute approximate surface area is 171 Å². The molecule has 0 atom stereocenters. The van der Waals surface area contributed by atoms with Crippen molar-refractivity contribution in [1.82, 2.24) is 15.2 Å². The van der Waals surface area contributed by atoms with Gasteiger partial charge in [0.15, 0.2) is 0 Å². The zero-order valence-electron chi connectivity index (χ0n) is 16.1. The maximum absolute atomic E-state index is 12.1. The van der Waals surface area contributed by atoms with E-state index in [4.69, 9.17) is 23.2 Å². The molecule has 0 spiro atoms. The number of benzene rings is 1. The lowest BCUT2D eigenvalue weighted by Gasteiger charge is -2.17. The first-order valence-corrected chi connectivity index (χ1v) is 10.0. The summed E-state index contributed by atoms with van der Waals surface area (Å²) in [7, 11) is 0. The monoisotopic (exact) mass is 407 g/mol. The molecular weight excluding hydrogens is 381 g/mol. The molecule has 146 valence electrons. The number of H-pyrrole nitrogens is 1. The van der Waals surface area contributed by atoms with Crippen molar-refractivity contribution in [3.63, 3.8) is 0 Å². The fraction of sp³-hybridized carbons (Fsp3) is 0.381. The number of rotatable bonds is 9. The highest BCUT2D eigenvalue weighted by Gasteiger charge is 2.05. The van der Waals surface area contributed by atoms with Crippen LogP contribution in [0.1, 0.15) is 32.9 Å². The molecule has 0 aliphatic rings. The molecule has 2 aromatic rings. The molecule has 1 aromatic carbocycles. The first kappa shape index (κ1) is 21.5. The van der Waals surface area contributed by atoms with Gasteiger partial charge in [0.1, 0.15) is 0 Å². The number of nitrogens with one attached hydrogen (secondary N) is 2. The molecule has 0 fully saturated rings. The number of hydrogen-bond donors (Lipinski definition) is 2. The molecule has 0 radical (unpaired) electrons. The van der Waals surface area contributed by atoms with E-state index in [0.29, 0.717) is 22.2 Å². The van der Waals surface area contributed by atoms with Crippen LogP contribution in [0.25, 0.3) is 17.0 Å². The average molecular weight is 408 g/mol. The molecule has 2 N–H and O–H groups in total. The van der Waals surface area contributed by atoms with Gasteiger partial charge in [-0.15, -0.1) is 0 Å². The van der Waals surface area contributed by atoms with Gasteiger partial charge < -0.3 is 15.2 Å². The second-order valence-corrected chi connectivity index (χ2v) is 7.24. The third-order valence-electron chi connectivity index (χ3n) is 4.49. The van der Waals surface area contributed by atoms with Crippen molar-refractivity contribution in [2.75, 3.05) is 26.2 Å². The largest absolute Gasteiger partial charge is 0.355 e. The summed E-state index contributed by atoms with van der Waals surface area (Å²) in [6.45, 7) is 9.89. The van der Waals surface area contributed by atoms with Gasteiger partial charge in [-0.3, -0.25) is 4.79 Å². The minimum absolute atomic E-state index is 0.0330. The van der Waals surface area contributed by atoms with E-state index in [9.17, 15) is 4.79 Å². The SMILES string of the molecule is CCN(CC)CCCNC(=O)C(C)=CC=Cc1cc2cc(Cl)c(Cl)cc2[nH]1. The van der Waals surface area contributed by atoms with Gasteiger partial charge in [0.2, 0.25) is 5.91 Å². The molecule has 6 heteroatoms. The minimum atomic E-state index is -0.0330. The van der Waals surface area contributed by atoms with Crippen molar-refractivity contribution >= 4 is 46.1 Å². The first-order chi connectivity index (χ1) is 12.9. The normalized spacial score (nSPS) is 12.4. The number of halogens is 2. The zero-order valence-corrected chi connectivity index (χ0v) is 17.6. The molecule has 1 heterocycles. The first-order valence-electron chi connectivity index (χ1n) is 9.27. The van der Waals surface area contributed by atoms with E-state index in [1.54, 1.807) is 0 Å². The van der Waals surface area contributed by atoms with Crippen LogP contribution in [0, 0.1) is 0 Å². The Morgan fingerprint density at radius 3 is 2.59 bits per heavy atom. The van der Waals surface area contributed by atoms with E-state index in [1.165, 1.54) is 0 Å². The summed E-state index contributed by atoms with van der Waals surface area (Å²) in [5, 5.41) is 5.02. The lowest BCUT2D eigenvalue weighted by molar-refractivity contribution is -0.117. The zero-order chi connectivity index (χ0) is 19.8. The Morgan fingerprint density at radius 2 is 1.89 bits per heavy atom. The van der Waals surface area contributed by atoms with Crippen molar-refractivity contribution in [3.05, 3.63) is 51.7 Å². The molecule has 0 aliphatic carbocycles. The Hall–Kier alpha value is -1.75. The van der Waals surface area contributed by atoms with Crippen LogP contribution in [0.3, 0.4) is 0 Å². The van der Waals surface area contributed by atoms with E-state index in [-0.39, 0.29) is 5.91 Å². The molecular formula is C21H27Cl2N3O. The summed E-state index contributed by atoms with van der Waals surface area (Å²) < 4.78 is 0. The number of hydrogen-bond acceptors (Lipinski definition) is 2. The number of carbonyl (C=O) groups excluding carboxylic acids is 1. The number of carbonyl (C=O) groups is 1.